The minimum Gasteiger partial charge on any atom is -0.490 e. The van der Waals surface area contributed by atoms with Gasteiger partial charge in [-0.3, -0.25) is 0 Å². The third-order valence-electron chi connectivity index (χ3n) is 5.92. The Morgan fingerprint density at radius 1 is 1.14 bits per heavy atom. The van der Waals surface area contributed by atoms with Gasteiger partial charge in [0.2, 0.25) is 0 Å². The Balaban J connectivity index is 0.00000300. The molecular formula is C23H39IN4O. The second kappa shape index (κ2) is 12.6. The van der Waals surface area contributed by atoms with E-state index in [1.807, 2.05) is 0 Å². The summed E-state index contributed by atoms with van der Waals surface area (Å²) in [5.41, 5.74) is 1.17. The Kier molecular flexibility index (Phi) is 10.6. The second-order valence-electron chi connectivity index (χ2n) is 8.38. The van der Waals surface area contributed by atoms with E-state index in [0.29, 0.717) is 24.7 Å². The molecule has 0 bridgehead atoms. The van der Waals surface area contributed by atoms with Crippen molar-refractivity contribution >= 4 is 29.9 Å². The minimum atomic E-state index is 0. The number of ether oxygens (including phenoxy) is 1. The number of para-hydroxylation sites is 1. The van der Waals surface area contributed by atoms with Gasteiger partial charge in [-0.25, -0.2) is 4.99 Å². The molecule has 164 valence electrons. The highest BCUT2D eigenvalue weighted by atomic mass is 127. The fraction of sp³-hybridized carbons (Fsp3) is 0.696. The van der Waals surface area contributed by atoms with Gasteiger partial charge >= 0.3 is 0 Å². The molecule has 1 aliphatic carbocycles. The van der Waals surface area contributed by atoms with Gasteiger partial charge in [0.05, 0.1) is 12.6 Å². The summed E-state index contributed by atoms with van der Waals surface area (Å²) in [4.78, 5) is 7.42. The van der Waals surface area contributed by atoms with Crippen LogP contribution in [0.1, 0.15) is 64.9 Å². The van der Waals surface area contributed by atoms with Crippen molar-refractivity contribution in [1.29, 1.82) is 0 Å². The lowest BCUT2D eigenvalue weighted by Gasteiger charge is -2.35. The van der Waals surface area contributed by atoms with Gasteiger partial charge in [-0.1, -0.05) is 18.2 Å². The van der Waals surface area contributed by atoms with Crippen LogP contribution in [0.15, 0.2) is 29.3 Å². The van der Waals surface area contributed by atoms with Crippen molar-refractivity contribution in [3.05, 3.63) is 29.8 Å². The molecule has 6 heteroatoms. The SMILES string of the molecule is CCNC(=NCc1ccccc1OC1CCCC1)NC1CCN(C(C)C)CC1.I. The standard InChI is InChI=1S/C23H38N4O.HI/c1-4-24-23(26-20-13-15-27(16-14-20)18(2)3)25-17-19-9-5-8-12-22(19)28-21-10-6-7-11-21;/h5,8-9,12,18,20-21H,4,6-7,10-11,13-17H2,1-3H3,(H2,24,25,26);1H. The van der Waals surface area contributed by atoms with E-state index in [4.69, 9.17) is 9.73 Å². The first-order valence-electron chi connectivity index (χ1n) is 11.2. The lowest BCUT2D eigenvalue weighted by atomic mass is 10.0. The van der Waals surface area contributed by atoms with E-state index in [0.717, 1.165) is 31.3 Å². The molecule has 29 heavy (non-hydrogen) atoms. The summed E-state index contributed by atoms with van der Waals surface area (Å²) < 4.78 is 6.27. The van der Waals surface area contributed by atoms with Crippen LogP contribution in [0.5, 0.6) is 5.75 Å². The Morgan fingerprint density at radius 3 is 2.48 bits per heavy atom. The zero-order chi connectivity index (χ0) is 19.8. The molecule has 2 N–H and O–H groups in total. The smallest absolute Gasteiger partial charge is 0.191 e. The van der Waals surface area contributed by atoms with Crippen molar-refractivity contribution in [3.8, 4) is 5.75 Å². The molecule has 1 saturated carbocycles. The van der Waals surface area contributed by atoms with Gasteiger partial charge in [-0.15, -0.1) is 24.0 Å². The highest BCUT2D eigenvalue weighted by Crippen LogP contribution is 2.27. The maximum atomic E-state index is 6.27. The number of piperidine rings is 1. The minimum absolute atomic E-state index is 0. The van der Waals surface area contributed by atoms with E-state index >= 15 is 0 Å². The van der Waals surface area contributed by atoms with Crippen LogP contribution < -0.4 is 15.4 Å². The largest absolute Gasteiger partial charge is 0.490 e. The number of halogens is 1. The Bertz CT molecular complexity index is 623. The quantitative estimate of drug-likeness (QED) is 0.319. The third-order valence-corrected chi connectivity index (χ3v) is 5.92. The summed E-state index contributed by atoms with van der Waals surface area (Å²) in [5, 5.41) is 7.06. The maximum Gasteiger partial charge on any atom is 0.191 e. The van der Waals surface area contributed by atoms with Gasteiger partial charge in [0.25, 0.3) is 0 Å². The fourth-order valence-corrected chi connectivity index (χ4v) is 4.17. The first kappa shape index (κ1) is 24.3. The van der Waals surface area contributed by atoms with Crippen LogP contribution in [-0.2, 0) is 6.54 Å². The first-order chi connectivity index (χ1) is 13.7. The molecule has 0 amide bonds. The Hall–Kier alpha value is -1.02. The molecular weight excluding hydrogens is 475 g/mol. The number of hydrogen-bond donors (Lipinski definition) is 2. The van der Waals surface area contributed by atoms with Crippen LogP contribution >= 0.6 is 24.0 Å². The van der Waals surface area contributed by atoms with Crippen molar-refractivity contribution in [2.75, 3.05) is 19.6 Å². The predicted molar refractivity (Wildman–Crippen MR) is 132 cm³/mol. The molecule has 1 aromatic rings. The van der Waals surface area contributed by atoms with Crippen LogP contribution in [0.2, 0.25) is 0 Å². The molecule has 0 aromatic heterocycles. The number of nitrogens with one attached hydrogen (secondary N) is 2. The lowest BCUT2D eigenvalue weighted by molar-refractivity contribution is 0.167. The van der Waals surface area contributed by atoms with Gasteiger partial charge < -0.3 is 20.3 Å². The van der Waals surface area contributed by atoms with Gasteiger partial charge in [0.15, 0.2) is 5.96 Å². The van der Waals surface area contributed by atoms with E-state index in [-0.39, 0.29) is 24.0 Å². The lowest BCUT2D eigenvalue weighted by Crippen LogP contribution is -2.49. The monoisotopic (exact) mass is 514 g/mol. The first-order valence-corrected chi connectivity index (χ1v) is 11.2. The van der Waals surface area contributed by atoms with Crippen molar-refractivity contribution in [2.24, 2.45) is 4.99 Å². The molecule has 2 fully saturated rings. The number of hydrogen-bond acceptors (Lipinski definition) is 3. The van der Waals surface area contributed by atoms with Crippen molar-refractivity contribution in [2.45, 2.75) is 84.0 Å². The normalized spacial score (nSPS) is 19.2. The van der Waals surface area contributed by atoms with Gasteiger partial charge in [0, 0.05) is 37.3 Å². The zero-order valence-corrected chi connectivity index (χ0v) is 20.7. The molecule has 1 heterocycles. The highest BCUT2D eigenvalue weighted by molar-refractivity contribution is 14.0. The van der Waals surface area contributed by atoms with Crippen LogP contribution in [0, 0.1) is 0 Å². The summed E-state index contributed by atoms with van der Waals surface area (Å²) in [6.07, 6.45) is 7.65. The summed E-state index contributed by atoms with van der Waals surface area (Å²) in [6.45, 7) is 10.5. The number of likely N-dealkylation sites (tertiary alicyclic amines) is 1. The molecule has 0 unspecified atom stereocenters. The molecule has 1 saturated heterocycles. The number of guanidine groups is 1. The zero-order valence-electron chi connectivity index (χ0n) is 18.3. The van der Waals surface area contributed by atoms with Gasteiger partial charge in [0.1, 0.15) is 5.75 Å². The molecule has 1 aromatic carbocycles. The van der Waals surface area contributed by atoms with Crippen LogP contribution in [0.4, 0.5) is 0 Å². The molecule has 5 nitrogen and oxygen atoms in total. The molecule has 3 rings (SSSR count). The number of benzene rings is 1. The van der Waals surface area contributed by atoms with Crippen molar-refractivity contribution in [1.82, 2.24) is 15.5 Å². The molecule has 0 atom stereocenters. The van der Waals surface area contributed by atoms with E-state index in [1.165, 1.54) is 44.1 Å². The number of aliphatic imine (C=N–C) groups is 1. The van der Waals surface area contributed by atoms with Gasteiger partial charge in [-0.2, -0.15) is 0 Å². The van der Waals surface area contributed by atoms with E-state index in [2.05, 4.69) is 60.6 Å². The topological polar surface area (TPSA) is 48.9 Å². The summed E-state index contributed by atoms with van der Waals surface area (Å²) in [5.74, 6) is 1.92. The summed E-state index contributed by atoms with van der Waals surface area (Å²) in [7, 11) is 0. The molecule has 1 aliphatic heterocycles. The number of nitrogens with zero attached hydrogens (tertiary/aromatic N) is 2. The van der Waals surface area contributed by atoms with Crippen LogP contribution in [-0.4, -0.2) is 48.7 Å². The van der Waals surface area contributed by atoms with E-state index < -0.39 is 0 Å². The second-order valence-corrected chi connectivity index (χ2v) is 8.38. The summed E-state index contributed by atoms with van der Waals surface area (Å²) >= 11 is 0. The fourth-order valence-electron chi connectivity index (χ4n) is 4.17. The molecule has 0 spiro atoms. The van der Waals surface area contributed by atoms with Gasteiger partial charge in [-0.05, 0) is 65.4 Å². The molecule has 0 radical (unpaired) electrons. The Labute approximate surface area is 194 Å². The summed E-state index contributed by atoms with van der Waals surface area (Å²) in [6, 6.07) is 9.50. The average Bonchev–Trinajstić information content (AvgIpc) is 3.21. The highest BCUT2D eigenvalue weighted by Gasteiger charge is 2.21. The van der Waals surface area contributed by atoms with Crippen LogP contribution in [0.3, 0.4) is 0 Å². The molecule has 2 aliphatic rings. The maximum absolute atomic E-state index is 6.27. The van der Waals surface area contributed by atoms with Crippen molar-refractivity contribution in [3.63, 3.8) is 0 Å². The number of rotatable bonds is 7. The van der Waals surface area contributed by atoms with E-state index in [9.17, 15) is 0 Å². The van der Waals surface area contributed by atoms with Crippen LogP contribution in [0.25, 0.3) is 0 Å². The predicted octanol–water partition coefficient (Wildman–Crippen LogP) is 4.55. The van der Waals surface area contributed by atoms with E-state index in [1.54, 1.807) is 0 Å². The van der Waals surface area contributed by atoms with Crippen molar-refractivity contribution < 1.29 is 4.74 Å². The third kappa shape index (κ3) is 7.63. The Morgan fingerprint density at radius 2 is 1.83 bits per heavy atom. The average molecular weight is 514 g/mol.